The van der Waals surface area contributed by atoms with E-state index in [-0.39, 0.29) is 18.3 Å². The molecule has 3 N–H and O–H groups in total. The zero-order valence-electron chi connectivity index (χ0n) is 10.9. The van der Waals surface area contributed by atoms with Crippen molar-refractivity contribution in [2.45, 2.75) is 6.92 Å². The van der Waals surface area contributed by atoms with E-state index in [4.69, 9.17) is 5.73 Å². The number of aryl methyl sites for hydroxylation is 1. The predicted molar refractivity (Wildman–Crippen MR) is 79.3 cm³/mol. The number of hydrogen-bond acceptors (Lipinski definition) is 3. The van der Waals surface area contributed by atoms with E-state index in [9.17, 15) is 9.18 Å². The molecule has 0 radical (unpaired) electrons. The summed E-state index contributed by atoms with van der Waals surface area (Å²) in [6.45, 7) is 2.00. The highest BCUT2D eigenvalue weighted by molar-refractivity contribution is 7.12. The van der Waals surface area contributed by atoms with Crippen LogP contribution in [0.25, 0.3) is 0 Å². The Morgan fingerprint density at radius 3 is 2.95 bits per heavy atom. The second-order valence-electron chi connectivity index (χ2n) is 4.14. The number of amides is 1. The normalized spacial score (nSPS) is 9.75. The van der Waals surface area contributed by atoms with Crippen molar-refractivity contribution >= 4 is 22.9 Å². The van der Waals surface area contributed by atoms with Crippen LogP contribution >= 0.6 is 11.3 Å². The molecule has 0 bridgehead atoms. The van der Waals surface area contributed by atoms with E-state index in [0.717, 1.165) is 5.56 Å². The van der Waals surface area contributed by atoms with Crippen LogP contribution < -0.4 is 11.1 Å². The topological polar surface area (TPSA) is 55.1 Å². The third-order valence-corrected chi connectivity index (χ3v) is 3.41. The SMILES string of the molecule is Cc1cc(F)cc(NC(=O)c2sccc2C#CCN)c1. The molecule has 2 rings (SSSR count). The molecule has 0 unspecified atom stereocenters. The molecule has 20 heavy (non-hydrogen) atoms. The number of carbonyl (C=O) groups excluding carboxylic acids is 1. The third-order valence-electron chi connectivity index (χ3n) is 2.50. The third kappa shape index (κ3) is 3.44. The monoisotopic (exact) mass is 288 g/mol. The molecule has 1 aromatic heterocycles. The summed E-state index contributed by atoms with van der Waals surface area (Å²) in [5.74, 6) is 4.88. The minimum absolute atomic E-state index is 0.236. The van der Waals surface area contributed by atoms with Crippen LogP contribution in [0.3, 0.4) is 0 Å². The van der Waals surface area contributed by atoms with E-state index in [2.05, 4.69) is 17.2 Å². The molecule has 0 saturated heterocycles. The Hall–Kier alpha value is -2.16. The Kier molecular flexibility index (Phi) is 4.51. The molecule has 0 fully saturated rings. The molecule has 1 amide bonds. The lowest BCUT2D eigenvalue weighted by Crippen LogP contribution is -2.11. The van der Waals surface area contributed by atoms with Crippen LogP contribution in [0.15, 0.2) is 29.6 Å². The summed E-state index contributed by atoms with van der Waals surface area (Å²) in [7, 11) is 0. The first-order valence-electron chi connectivity index (χ1n) is 5.95. The molecule has 2 aromatic rings. The van der Waals surface area contributed by atoms with Gasteiger partial charge in [-0.25, -0.2) is 4.39 Å². The smallest absolute Gasteiger partial charge is 0.267 e. The van der Waals surface area contributed by atoms with Gasteiger partial charge in [-0.05, 0) is 42.1 Å². The fourth-order valence-corrected chi connectivity index (χ4v) is 2.47. The van der Waals surface area contributed by atoms with Gasteiger partial charge in [0.05, 0.1) is 6.54 Å². The van der Waals surface area contributed by atoms with Crippen molar-refractivity contribution in [3.05, 3.63) is 51.5 Å². The molecule has 5 heteroatoms. The zero-order chi connectivity index (χ0) is 14.5. The fourth-order valence-electron chi connectivity index (χ4n) is 1.73. The molecule has 3 nitrogen and oxygen atoms in total. The molecule has 0 spiro atoms. The van der Waals surface area contributed by atoms with E-state index in [1.165, 1.54) is 23.5 Å². The van der Waals surface area contributed by atoms with Gasteiger partial charge in [-0.1, -0.05) is 11.8 Å². The predicted octanol–water partition coefficient (Wildman–Crippen LogP) is 2.76. The van der Waals surface area contributed by atoms with Crippen LogP contribution in [0.1, 0.15) is 20.8 Å². The van der Waals surface area contributed by atoms with Gasteiger partial charge in [-0.3, -0.25) is 4.79 Å². The highest BCUT2D eigenvalue weighted by atomic mass is 32.1. The van der Waals surface area contributed by atoms with Crippen molar-refractivity contribution in [3.8, 4) is 11.8 Å². The van der Waals surface area contributed by atoms with Crippen molar-refractivity contribution in [1.29, 1.82) is 0 Å². The first kappa shape index (κ1) is 14.3. The van der Waals surface area contributed by atoms with Gasteiger partial charge in [-0.15, -0.1) is 11.3 Å². The van der Waals surface area contributed by atoms with Crippen LogP contribution in [0, 0.1) is 24.6 Å². The van der Waals surface area contributed by atoms with Crippen LogP contribution in [-0.2, 0) is 0 Å². The standard InChI is InChI=1S/C15H13FN2OS/c1-10-7-12(16)9-13(8-10)18-15(19)14-11(3-2-5-17)4-6-20-14/h4,6-9H,5,17H2,1H3,(H,18,19). The molecule has 1 heterocycles. The summed E-state index contributed by atoms with van der Waals surface area (Å²) in [5, 5.41) is 4.46. The molecule has 102 valence electrons. The number of nitrogens with one attached hydrogen (secondary N) is 1. The summed E-state index contributed by atoms with van der Waals surface area (Å²) >= 11 is 1.29. The van der Waals surface area contributed by atoms with Gasteiger partial charge >= 0.3 is 0 Å². The summed E-state index contributed by atoms with van der Waals surface area (Å²) < 4.78 is 13.3. The summed E-state index contributed by atoms with van der Waals surface area (Å²) in [4.78, 5) is 12.7. The van der Waals surface area contributed by atoms with Crippen LogP contribution in [0.4, 0.5) is 10.1 Å². The van der Waals surface area contributed by atoms with E-state index in [1.807, 2.05) is 0 Å². The van der Waals surface area contributed by atoms with Gasteiger partial charge in [0, 0.05) is 11.3 Å². The van der Waals surface area contributed by atoms with Gasteiger partial charge in [0.1, 0.15) is 10.7 Å². The Bertz CT molecular complexity index is 677. The lowest BCUT2D eigenvalue weighted by molar-refractivity contribution is 0.103. The number of hydrogen-bond donors (Lipinski definition) is 2. The number of rotatable bonds is 2. The highest BCUT2D eigenvalue weighted by Crippen LogP contribution is 2.19. The lowest BCUT2D eigenvalue weighted by atomic mass is 10.2. The number of halogens is 1. The maximum Gasteiger partial charge on any atom is 0.267 e. The number of nitrogens with two attached hydrogens (primary N) is 1. The Morgan fingerprint density at radius 2 is 2.25 bits per heavy atom. The second-order valence-corrected chi connectivity index (χ2v) is 5.06. The highest BCUT2D eigenvalue weighted by Gasteiger charge is 2.12. The van der Waals surface area contributed by atoms with Crippen LogP contribution in [0.2, 0.25) is 0 Å². The van der Waals surface area contributed by atoms with E-state index in [0.29, 0.717) is 16.1 Å². The van der Waals surface area contributed by atoms with Gasteiger partial charge in [0.15, 0.2) is 0 Å². The molecular weight excluding hydrogens is 275 g/mol. The maximum atomic E-state index is 13.3. The molecule has 0 aliphatic heterocycles. The summed E-state index contributed by atoms with van der Waals surface area (Å²) in [5.41, 5.74) is 7.12. The van der Waals surface area contributed by atoms with E-state index >= 15 is 0 Å². The lowest BCUT2D eigenvalue weighted by Gasteiger charge is -2.05. The van der Waals surface area contributed by atoms with E-state index in [1.54, 1.807) is 24.4 Å². The molecule has 0 atom stereocenters. The van der Waals surface area contributed by atoms with Crippen LogP contribution in [0.5, 0.6) is 0 Å². The number of thiophene rings is 1. The molecular formula is C15H13FN2OS. The van der Waals surface area contributed by atoms with Gasteiger partial charge in [-0.2, -0.15) is 0 Å². The number of benzene rings is 1. The van der Waals surface area contributed by atoms with Gasteiger partial charge in [0.25, 0.3) is 5.91 Å². The second kappa shape index (κ2) is 6.33. The Labute approximate surface area is 120 Å². The van der Waals surface area contributed by atoms with Crippen molar-refractivity contribution in [2.24, 2.45) is 5.73 Å². The fraction of sp³-hybridized carbons (Fsp3) is 0.133. The number of carbonyl (C=O) groups is 1. The minimum atomic E-state index is -0.380. The first-order chi connectivity index (χ1) is 9.60. The number of anilines is 1. The minimum Gasteiger partial charge on any atom is -0.321 e. The van der Waals surface area contributed by atoms with Crippen molar-refractivity contribution < 1.29 is 9.18 Å². The van der Waals surface area contributed by atoms with Crippen molar-refractivity contribution in [3.63, 3.8) is 0 Å². The zero-order valence-corrected chi connectivity index (χ0v) is 11.7. The van der Waals surface area contributed by atoms with Gasteiger partial charge in [0.2, 0.25) is 0 Å². The molecule has 0 saturated carbocycles. The van der Waals surface area contributed by atoms with Crippen LogP contribution in [-0.4, -0.2) is 12.5 Å². The Balaban J connectivity index is 2.22. The molecule has 0 aliphatic carbocycles. The van der Waals surface area contributed by atoms with Gasteiger partial charge < -0.3 is 11.1 Å². The van der Waals surface area contributed by atoms with Crippen molar-refractivity contribution in [2.75, 3.05) is 11.9 Å². The summed E-state index contributed by atoms with van der Waals surface area (Å²) in [6.07, 6.45) is 0. The van der Waals surface area contributed by atoms with E-state index < -0.39 is 0 Å². The molecule has 0 aliphatic rings. The average Bonchev–Trinajstić information content (AvgIpc) is 2.83. The largest absolute Gasteiger partial charge is 0.321 e. The average molecular weight is 288 g/mol. The first-order valence-corrected chi connectivity index (χ1v) is 6.83. The molecule has 1 aromatic carbocycles. The quantitative estimate of drug-likeness (QED) is 0.835. The van der Waals surface area contributed by atoms with Crippen molar-refractivity contribution in [1.82, 2.24) is 0 Å². The maximum absolute atomic E-state index is 13.3. The Morgan fingerprint density at radius 1 is 1.45 bits per heavy atom. The summed E-state index contributed by atoms with van der Waals surface area (Å²) in [6, 6.07) is 6.15.